The van der Waals surface area contributed by atoms with Crippen LogP contribution in [0.25, 0.3) is 0 Å². The van der Waals surface area contributed by atoms with Gasteiger partial charge in [-0.05, 0) is 49.5 Å². The normalized spacial score (nSPS) is 24.7. The van der Waals surface area contributed by atoms with E-state index in [0.29, 0.717) is 17.9 Å². The molecule has 1 aliphatic heterocycles. The Morgan fingerprint density at radius 1 is 1.10 bits per heavy atom. The number of rotatable bonds is 2. The van der Waals surface area contributed by atoms with Crippen LogP contribution in [0.3, 0.4) is 0 Å². The molecular weight excluding hydrogens is 414 g/mol. The molecule has 4 amide bonds. The van der Waals surface area contributed by atoms with E-state index in [1.165, 1.54) is 14.1 Å². The molecular formula is C24H26ClN3O3. The Kier molecular flexibility index (Phi) is 5.30. The van der Waals surface area contributed by atoms with Crippen LogP contribution in [0.2, 0.25) is 0 Å². The monoisotopic (exact) mass is 439 g/mol. The first-order chi connectivity index (χ1) is 14.7. The lowest BCUT2D eigenvalue weighted by Gasteiger charge is -2.49. The van der Waals surface area contributed by atoms with E-state index < -0.39 is 23.3 Å². The van der Waals surface area contributed by atoms with Gasteiger partial charge in [-0.1, -0.05) is 41.4 Å². The number of allylic oxidation sites excluding steroid dienone is 5. The highest BCUT2D eigenvalue weighted by molar-refractivity contribution is 6.33. The molecule has 4 rings (SSSR count). The molecule has 6 nitrogen and oxygen atoms in total. The van der Waals surface area contributed by atoms with Crippen molar-refractivity contribution in [2.45, 2.75) is 26.2 Å². The second-order valence-electron chi connectivity index (χ2n) is 8.59. The quantitative estimate of drug-likeness (QED) is 0.645. The molecule has 0 saturated carbocycles. The highest BCUT2D eigenvalue weighted by Gasteiger charge is 2.62. The molecule has 1 unspecified atom stereocenters. The van der Waals surface area contributed by atoms with Crippen molar-refractivity contribution in [2.24, 2.45) is 11.3 Å². The molecule has 1 aromatic rings. The zero-order valence-corrected chi connectivity index (χ0v) is 18.9. The molecule has 31 heavy (non-hydrogen) atoms. The first-order valence-electron chi connectivity index (χ1n) is 10.3. The smallest absolute Gasteiger partial charge is 0.332 e. The van der Waals surface area contributed by atoms with Crippen molar-refractivity contribution in [1.29, 1.82) is 0 Å². The Bertz CT molecular complexity index is 1030. The SMILES string of the molecule is CC1=C(Cl)C2=C/C(=C/N(C)c3ccccc3)CC3(C(=O)N(C)C(=O)N(C)C3=O)C2CC1. The fourth-order valence-electron chi connectivity index (χ4n) is 5.00. The second kappa shape index (κ2) is 7.68. The van der Waals surface area contributed by atoms with Gasteiger partial charge in [0.05, 0.1) is 0 Å². The van der Waals surface area contributed by atoms with Crippen LogP contribution in [0.1, 0.15) is 26.2 Å². The average Bonchev–Trinajstić information content (AvgIpc) is 2.78. The van der Waals surface area contributed by atoms with Gasteiger partial charge < -0.3 is 4.90 Å². The van der Waals surface area contributed by atoms with Crippen LogP contribution in [0.4, 0.5) is 10.5 Å². The van der Waals surface area contributed by atoms with E-state index in [2.05, 4.69) is 0 Å². The van der Waals surface area contributed by atoms with E-state index in [-0.39, 0.29) is 12.3 Å². The summed E-state index contributed by atoms with van der Waals surface area (Å²) >= 11 is 6.71. The molecule has 2 aliphatic carbocycles. The van der Waals surface area contributed by atoms with Gasteiger partial charge in [0, 0.05) is 44.0 Å². The molecule has 0 radical (unpaired) electrons. The number of benzene rings is 1. The number of hydrogen-bond acceptors (Lipinski definition) is 4. The number of nitrogens with zero attached hydrogens (tertiary/aromatic N) is 3. The van der Waals surface area contributed by atoms with Crippen LogP contribution in [-0.2, 0) is 9.59 Å². The third-order valence-corrected chi connectivity index (χ3v) is 7.24. The number of amides is 4. The molecule has 3 aliphatic rings. The predicted molar refractivity (Wildman–Crippen MR) is 120 cm³/mol. The molecule has 0 N–H and O–H groups in total. The van der Waals surface area contributed by atoms with Crippen molar-refractivity contribution in [3.63, 3.8) is 0 Å². The van der Waals surface area contributed by atoms with Gasteiger partial charge in [0.15, 0.2) is 0 Å². The summed E-state index contributed by atoms with van der Waals surface area (Å²) in [4.78, 5) is 43.6. The zero-order valence-electron chi connectivity index (χ0n) is 18.2. The Morgan fingerprint density at radius 3 is 2.32 bits per heavy atom. The molecule has 7 heteroatoms. The van der Waals surface area contributed by atoms with E-state index in [9.17, 15) is 14.4 Å². The summed E-state index contributed by atoms with van der Waals surface area (Å²) in [6.07, 6.45) is 5.53. The van der Waals surface area contributed by atoms with Crippen LogP contribution >= 0.6 is 11.6 Å². The summed E-state index contributed by atoms with van der Waals surface area (Å²) < 4.78 is 0. The number of carbonyl (C=O) groups is 3. The molecule has 1 saturated heterocycles. The van der Waals surface area contributed by atoms with Gasteiger partial charge in [-0.2, -0.15) is 0 Å². The Hall–Kier alpha value is -2.86. The zero-order chi connectivity index (χ0) is 22.5. The Balaban J connectivity index is 1.87. The average molecular weight is 440 g/mol. The summed E-state index contributed by atoms with van der Waals surface area (Å²) in [5.74, 6) is -1.26. The lowest BCUT2D eigenvalue weighted by molar-refractivity contribution is -0.161. The molecule has 1 fully saturated rings. The summed E-state index contributed by atoms with van der Waals surface area (Å²) in [6, 6.07) is 9.23. The van der Waals surface area contributed by atoms with E-state index in [1.807, 2.05) is 61.5 Å². The van der Waals surface area contributed by atoms with E-state index in [4.69, 9.17) is 11.6 Å². The fourth-order valence-corrected chi connectivity index (χ4v) is 5.29. The minimum atomic E-state index is -1.37. The van der Waals surface area contributed by atoms with E-state index in [0.717, 1.165) is 32.2 Å². The number of para-hydroxylation sites is 1. The maximum Gasteiger partial charge on any atom is 0.332 e. The van der Waals surface area contributed by atoms with E-state index >= 15 is 0 Å². The van der Waals surface area contributed by atoms with Gasteiger partial charge >= 0.3 is 6.03 Å². The van der Waals surface area contributed by atoms with Gasteiger partial charge in [-0.15, -0.1) is 0 Å². The number of carbonyl (C=O) groups excluding carboxylic acids is 3. The number of anilines is 1. The van der Waals surface area contributed by atoms with E-state index in [1.54, 1.807) is 0 Å². The van der Waals surface area contributed by atoms with Crippen LogP contribution in [0, 0.1) is 11.3 Å². The minimum Gasteiger partial charge on any atom is -0.351 e. The minimum absolute atomic E-state index is 0.223. The summed E-state index contributed by atoms with van der Waals surface area (Å²) in [6.45, 7) is 1.98. The molecule has 1 atom stereocenters. The summed E-state index contributed by atoms with van der Waals surface area (Å²) in [5, 5.41) is 0.617. The van der Waals surface area contributed by atoms with Gasteiger partial charge in [0.25, 0.3) is 0 Å². The first kappa shape index (κ1) is 21.4. The van der Waals surface area contributed by atoms with Gasteiger partial charge in [0.2, 0.25) is 11.8 Å². The number of hydrogen-bond donors (Lipinski definition) is 0. The van der Waals surface area contributed by atoms with Crippen molar-refractivity contribution in [1.82, 2.24) is 9.80 Å². The summed E-state index contributed by atoms with van der Waals surface area (Å²) in [5.41, 5.74) is 2.29. The number of imide groups is 2. The van der Waals surface area contributed by atoms with Crippen molar-refractivity contribution in [2.75, 3.05) is 26.0 Å². The van der Waals surface area contributed by atoms with Gasteiger partial charge in [-0.3, -0.25) is 19.4 Å². The second-order valence-corrected chi connectivity index (χ2v) is 8.97. The Morgan fingerprint density at radius 2 is 1.71 bits per heavy atom. The molecule has 162 valence electrons. The van der Waals surface area contributed by atoms with Crippen LogP contribution in [-0.4, -0.2) is 48.8 Å². The van der Waals surface area contributed by atoms with Gasteiger partial charge in [-0.25, -0.2) is 4.79 Å². The van der Waals surface area contributed by atoms with Gasteiger partial charge in [0.1, 0.15) is 5.41 Å². The van der Waals surface area contributed by atoms with Crippen LogP contribution < -0.4 is 4.90 Å². The number of barbiturate groups is 1. The third-order valence-electron chi connectivity index (χ3n) is 6.70. The van der Waals surface area contributed by atoms with Crippen LogP contribution in [0.15, 0.2) is 64.4 Å². The molecule has 0 aromatic heterocycles. The number of halogens is 1. The molecule has 1 spiro atoms. The maximum absolute atomic E-state index is 13.5. The van der Waals surface area contributed by atoms with Crippen molar-refractivity contribution in [3.05, 3.63) is 64.4 Å². The van der Waals surface area contributed by atoms with Crippen molar-refractivity contribution < 1.29 is 14.4 Å². The van der Waals surface area contributed by atoms with Crippen molar-refractivity contribution >= 4 is 35.1 Å². The largest absolute Gasteiger partial charge is 0.351 e. The topological polar surface area (TPSA) is 60.9 Å². The number of urea groups is 1. The van der Waals surface area contributed by atoms with Crippen LogP contribution in [0.5, 0.6) is 0 Å². The molecule has 0 bridgehead atoms. The number of fused-ring (bicyclic) bond motifs is 2. The fraction of sp³-hybridized carbons (Fsp3) is 0.375. The highest BCUT2D eigenvalue weighted by atomic mass is 35.5. The molecule has 1 heterocycles. The van der Waals surface area contributed by atoms with Crippen molar-refractivity contribution in [3.8, 4) is 0 Å². The lowest BCUT2D eigenvalue weighted by Crippen LogP contribution is -2.66. The predicted octanol–water partition coefficient (Wildman–Crippen LogP) is 4.30. The lowest BCUT2D eigenvalue weighted by atomic mass is 9.59. The highest BCUT2D eigenvalue weighted by Crippen LogP contribution is 2.54. The summed E-state index contributed by atoms with van der Waals surface area (Å²) in [7, 11) is 4.81. The third kappa shape index (κ3) is 3.21. The molecule has 1 aromatic carbocycles. The Labute approximate surface area is 187 Å². The first-order valence-corrected chi connectivity index (χ1v) is 10.7. The maximum atomic E-state index is 13.5. The standard InChI is InChI=1S/C24H26ClN3O3/c1-15-10-11-19-18(20(15)25)12-16(14-26(2)17-8-6-5-7-9-17)13-24(19)21(29)27(3)23(31)28(4)22(24)30/h5-9,12,14,19H,10-11,13H2,1-4H3/b16-14-.